The van der Waals surface area contributed by atoms with Gasteiger partial charge < -0.3 is 10.6 Å². The summed E-state index contributed by atoms with van der Waals surface area (Å²) in [6.45, 7) is 0.539. The monoisotopic (exact) mass is 389 g/mol. The maximum Gasteiger partial charge on any atom is 0.257 e. The van der Waals surface area contributed by atoms with Crippen LogP contribution in [-0.4, -0.2) is 16.8 Å². The van der Waals surface area contributed by atoms with Gasteiger partial charge in [-0.1, -0.05) is 12.1 Å². The Labute approximate surface area is 171 Å². The van der Waals surface area contributed by atoms with Gasteiger partial charge in [0, 0.05) is 30.0 Å². The highest BCUT2D eigenvalue weighted by atomic mass is 16.2. The number of hydrogen-bond donors (Lipinski definition) is 2. The lowest BCUT2D eigenvalue weighted by Gasteiger charge is -2.55. The van der Waals surface area contributed by atoms with Crippen molar-refractivity contribution in [2.45, 2.75) is 45.1 Å². The summed E-state index contributed by atoms with van der Waals surface area (Å²) in [6, 6.07) is 11.1. The Hall–Kier alpha value is -2.69. The van der Waals surface area contributed by atoms with Gasteiger partial charge in [-0.2, -0.15) is 0 Å². The van der Waals surface area contributed by atoms with Crippen LogP contribution < -0.4 is 10.6 Å². The highest BCUT2D eigenvalue weighted by molar-refractivity contribution is 6.04. The molecule has 0 atom stereocenters. The van der Waals surface area contributed by atoms with E-state index in [9.17, 15) is 9.59 Å². The molecule has 5 nitrogen and oxygen atoms in total. The number of nitrogens with zero attached hydrogens (tertiary/aromatic N) is 1. The lowest BCUT2D eigenvalue weighted by Crippen LogP contribution is -2.53. The van der Waals surface area contributed by atoms with Crippen LogP contribution in [0.15, 0.2) is 48.8 Å². The normalized spacial score (nSPS) is 29.4. The summed E-state index contributed by atoms with van der Waals surface area (Å²) in [5, 5.41) is 6.08. The Morgan fingerprint density at radius 3 is 2.21 bits per heavy atom. The van der Waals surface area contributed by atoms with Crippen molar-refractivity contribution >= 4 is 17.5 Å². The third kappa shape index (κ3) is 3.66. The summed E-state index contributed by atoms with van der Waals surface area (Å²) in [5.74, 6) is 2.39. The van der Waals surface area contributed by atoms with E-state index in [1.807, 2.05) is 24.3 Å². The summed E-state index contributed by atoms with van der Waals surface area (Å²) < 4.78 is 0. The molecule has 0 aliphatic heterocycles. The third-order valence-corrected chi connectivity index (χ3v) is 7.11. The molecule has 0 unspecified atom stereocenters. The SMILES string of the molecule is O=C(Nc1ccc(CNC(=O)C23CC4CC(CC(C4)C2)C3)cc1)c1cccnc1. The van der Waals surface area contributed by atoms with Gasteiger partial charge in [-0.25, -0.2) is 0 Å². The first-order valence-electron chi connectivity index (χ1n) is 10.7. The molecule has 0 spiro atoms. The molecule has 4 bridgehead atoms. The van der Waals surface area contributed by atoms with Crippen LogP contribution in [0.25, 0.3) is 0 Å². The highest BCUT2D eigenvalue weighted by Crippen LogP contribution is 2.60. The number of anilines is 1. The van der Waals surface area contributed by atoms with Crippen LogP contribution in [-0.2, 0) is 11.3 Å². The molecule has 5 heteroatoms. The molecule has 1 heterocycles. The van der Waals surface area contributed by atoms with E-state index in [1.165, 1.54) is 19.3 Å². The molecule has 0 saturated heterocycles. The summed E-state index contributed by atoms with van der Waals surface area (Å²) >= 11 is 0. The number of amides is 2. The zero-order chi connectivity index (χ0) is 19.8. The van der Waals surface area contributed by atoms with Gasteiger partial charge in [0.05, 0.1) is 5.56 Å². The Balaban J connectivity index is 1.18. The van der Waals surface area contributed by atoms with Crippen LogP contribution in [0.2, 0.25) is 0 Å². The molecule has 4 aliphatic carbocycles. The minimum Gasteiger partial charge on any atom is -0.352 e. The topological polar surface area (TPSA) is 71.1 Å². The van der Waals surface area contributed by atoms with Gasteiger partial charge >= 0.3 is 0 Å². The first-order chi connectivity index (χ1) is 14.1. The summed E-state index contributed by atoms with van der Waals surface area (Å²) in [5.41, 5.74) is 2.20. The van der Waals surface area contributed by atoms with Crippen molar-refractivity contribution in [1.82, 2.24) is 10.3 Å². The molecule has 150 valence electrons. The van der Waals surface area contributed by atoms with Gasteiger partial charge in [0.25, 0.3) is 5.91 Å². The van der Waals surface area contributed by atoms with Gasteiger partial charge in [0.1, 0.15) is 0 Å². The average Bonchev–Trinajstić information content (AvgIpc) is 2.72. The van der Waals surface area contributed by atoms with E-state index in [2.05, 4.69) is 15.6 Å². The van der Waals surface area contributed by atoms with E-state index in [0.29, 0.717) is 12.1 Å². The van der Waals surface area contributed by atoms with Crippen LogP contribution in [0.4, 0.5) is 5.69 Å². The molecule has 4 saturated carbocycles. The zero-order valence-electron chi connectivity index (χ0n) is 16.6. The van der Waals surface area contributed by atoms with Crippen molar-refractivity contribution in [3.05, 3.63) is 59.9 Å². The maximum atomic E-state index is 13.1. The lowest BCUT2D eigenvalue weighted by molar-refractivity contribution is -0.146. The van der Waals surface area contributed by atoms with Crippen molar-refractivity contribution in [3.8, 4) is 0 Å². The fourth-order valence-electron chi connectivity index (χ4n) is 6.16. The van der Waals surface area contributed by atoms with Gasteiger partial charge in [0.15, 0.2) is 0 Å². The minimum absolute atomic E-state index is 0.105. The van der Waals surface area contributed by atoms with Crippen molar-refractivity contribution < 1.29 is 9.59 Å². The molecule has 1 aromatic carbocycles. The molecule has 29 heavy (non-hydrogen) atoms. The van der Waals surface area contributed by atoms with Gasteiger partial charge in [-0.3, -0.25) is 14.6 Å². The molecule has 1 aromatic heterocycles. The maximum absolute atomic E-state index is 13.1. The second-order valence-electron chi connectivity index (χ2n) is 9.27. The summed E-state index contributed by atoms with van der Waals surface area (Å²) in [4.78, 5) is 29.2. The van der Waals surface area contributed by atoms with E-state index in [0.717, 1.165) is 48.3 Å². The van der Waals surface area contributed by atoms with Gasteiger partial charge in [-0.15, -0.1) is 0 Å². The Morgan fingerprint density at radius 1 is 0.966 bits per heavy atom. The van der Waals surface area contributed by atoms with E-state index < -0.39 is 0 Å². The first-order valence-corrected chi connectivity index (χ1v) is 10.7. The predicted octanol–water partition coefficient (Wildman–Crippen LogP) is 4.17. The van der Waals surface area contributed by atoms with Gasteiger partial charge in [-0.05, 0) is 86.1 Å². The van der Waals surface area contributed by atoms with Crippen molar-refractivity contribution in [2.75, 3.05) is 5.32 Å². The number of carbonyl (C=O) groups is 2. The zero-order valence-corrected chi connectivity index (χ0v) is 16.6. The number of rotatable bonds is 5. The fourth-order valence-corrected chi connectivity index (χ4v) is 6.16. The van der Waals surface area contributed by atoms with Crippen molar-refractivity contribution in [1.29, 1.82) is 0 Å². The summed E-state index contributed by atoms with van der Waals surface area (Å²) in [6.07, 6.45) is 10.5. The second kappa shape index (κ2) is 7.29. The second-order valence-corrected chi connectivity index (χ2v) is 9.27. The number of benzene rings is 1. The minimum atomic E-state index is -0.180. The number of hydrogen-bond acceptors (Lipinski definition) is 3. The Bertz CT molecular complexity index is 872. The van der Waals surface area contributed by atoms with Crippen molar-refractivity contribution in [2.24, 2.45) is 23.2 Å². The molecule has 6 rings (SSSR count). The first kappa shape index (κ1) is 18.3. The Kier molecular flexibility index (Phi) is 4.61. The van der Waals surface area contributed by atoms with Crippen LogP contribution in [0.3, 0.4) is 0 Å². The molecule has 4 aliphatic rings. The van der Waals surface area contributed by atoms with Gasteiger partial charge in [0.2, 0.25) is 5.91 Å². The van der Waals surface area contributed by atoms with Crippen molar-refractivity contribution in [3.63, 3.8) is 0 Å². The lowest BCUT2D eigenvalue weighted by atomic mass is 9.49. The third-order valence-electron chi connectivity index (χ3n) is 7.11. The van der Waals surface area contributed by atoms with Crippen LogP contribution in [0.5, 0.6) is 0 Å². The highest BCUT2D eigenvalue weighted by Gasteiger charge is 2.54. The quantitative estimate of drug-likeness (QED) is 0.806. The van der Waals surface area contributed by atoms with E-state index >= 15 is 0 Å². The molecule has 2 amide bonds. The Morgan fingerprint density at radius 2 is 1.62 bits per heavy atom. The molecule has 2 N–H and O–H groups in total. The number of pyridine rings is 1. The number of carbonyl (C=O) groups excluding carboxylic acids is 2. The smallest absolute Gasteiger partial charge is 0.257 e. The molecule has 0 radical (unpaired) electrons. The predicted molar refractivity (Wildman–Crippen MR) is 111 cm³/mol. The fraction of sp³-hybridized carbons (Fsp3) is 0.458. The van der Waals surface area contributed by atoms with E-state index in [4.69, 9.17) is 0 Å². The van der Waals surface area contributed by atoms with Crippen LogP contribution in [0, 0.1) is 23.2 Å². The average molecular weight is 389 g/mol. The number of aromatic nitrogens is 1. The van der Waals surface area contributed by atoms with E-state index in [-0.39, 0.29) is 17.2 Å². The summed E-state index contributed by atoms with van der Waals surface area (Å²) in [7, 11) is 0. The standard InChI is InChI=1S/C24H27N3O2/c28-22(20-2-1-7-25-15-20)27-21-5-3-16(4-6-21)14-26-23(29)24-11-17-8-18(12-24)10-19(9-17)13-24/h1-7,15,17-19H,8-14H2,(H,26,29)(H,27,28). The van der Waals surface area contributed by atoms with E-state index in [1.54, 1.807) is 24.5 Å². The number of nitrogens with one attached hydrogen (secondary N) is 2. The molecule has 2 aromatic rings. The molecular weight excluding hydrogens is 362 g/mol. The van der Waals surface area contributed by atoms with Crippen LogP contribution >= 0.6 is 0 Å². The van der Waals surface area contributed by atoms with Crippen LogP contribution in [0.1, 0.15) is 54.4 Å². The largest absolute Gasteiger partial charge is 0.352 e. The molecule has 4 fully saturated rings. The molecular formula is C24H27N3O2.